The van der Waals surface area contributed by atoms with Gasteiger partial charge in [-0.25, -0.2) is 9.97 Å². The van der Waals surface area contributed by atoms with Crippen LogP contribution >= 0.6 is 11.3 Å². The molecule has 34 heavy (non-hydrogen) atoms. The number of hydrogen-bond acceptors (Lipinski definition) is 6. The van der Waals surface area contributed by atoms with Crippen LogP contribution in [0.25, 0.3) is 22.3 Å². The number of fused-ring (bicyclic) bond motifs is 1. The zero-order chi connectivity index (χ0) is 23.5. The summed E-state index contributed by atoms with van der Waals surface area (Å²) in [6.07, 6.45) is 3.55. The number of nitrogens with zero attached hydrogens (tertiary/aromatic N) is 6. The molecule has 5 aromatic rings. The molecule has 8 nitrogen and oxygen atoms in total. The fourth-order valence-electron chi connectivity index (χ4n) is 3.75. The minimum absolute atomic E-state index is 0.133. The Morgan fingerprint density at radius 1 is 1.06 bits per heavy atom. The summed E-state index contributed by atoms with van der Waals surface area (Å²) in [5.41, 5.74) is 3.12. The highest BCUT2D eigenvalue weighted by molar-refractivity contribution is 7.14. The second kappa shape index (κ2) is 9.40. The quantitative estimate of drug-likeness (QED) is 0.363. The summed E-state index contributed by atoms with van der Waals surface area (Å²) in [6.45, 7) is 0.313. The summed E-state index contributed by atoms with van der Waals surface area (Å²) < 4.78 is 2.86. The van der Waals surface area contributed by atoms with Crippen LogP contribution in [0.4, 0.5) is 5.13 Å². The van der Waals surface area contributed by atoms with E-state index in [2.05, 4.69) is 10.1 Å². The number of carbonyl (C=O) groups is 1. The number of benzene rings is 2. The SMILES string of the molecule is Cn1ncc2c(=O)n(CC(=O)N(CCc3ccccc3)c3nc(-c4ccccc4)cs3)cnc21. The molecule has 0 saturated carbocycles. The van der Waals surface area contributed by atoms with Gasteiger partial charge in [0.1, 0.15) is 18.3 Å². The van der Waals surface area contributed by atoms with Crippen LogP contribution in [0.3, 0.4) is 0 Å². The van der Waals surface area contributed by atoms with E-state index >= 15 is 0 Å². The van der Waals surface area contributed by atoms with Crippen LogP contribution in [0, 0.1) is 0 Å². The third kappa shape index (κ3) is 4.38. The highest BCUT2D eigenvalue weighted by Gasteiger charge is 2.21. The lowest BCUT2D eigenvalue weighted by Gasteiger charge is -2.20. The minimum Gasteiger partial charge on any atom is -0.289 e. The first-order valence-corrected chi connectivity index (χ1v) is 11.7. The molecule has 0 bridgehead atoms. The number of thiazole rings is 1. The summed E-state index contributed by atoms with van der Waals surface area (Å²) in [5, 5.41) is 7.02. The molecule has 0 atom stereocenters. The number of aryl methyl sites for hydroxylation is 1. The summed E-state index contributed by atoms with van der Waals surface area (Å²) in [5.74, 6) is -0.225. The Bertz CT molecular complexity index is 1490. The topological polar surface area (TPSA) is 85.9 Å². The summed E-state index contributed by atoms with van der Waals surface area (Å²) in [7, 11) is 1.72. The van der Waals surface area contributed by atoms with Crippen LogP contribution in [-0.4, -0.2) is 36.8 Å². The molecule has 0 aliphatic rings. The normalized spacial score (nSPS) is 11.1. The Labute approximate surface area is 199 Å². The Morgan fingerprint density at radius 3 is 2.56 bits per heavy atom. The van der Waals surface area contributed by atoms with Crippen LogP contribution in [0.5, 0.6) is 0 Å². The largest absolute Gasteiger partial charge is 0.289 e. The first-order chi connectivity index (χ1) is 16.6. The van der Waals surface area contributed by atoms with Gasteiger partial charge in [-0.15, -0.1) is 11.3 Å². The summed E-state index contributed by atoms with van der Waals surface area (Å²) in [6, 6.07) is 19.8. The number of amides is 1. The number of anilines is 1. The van der Waals surface area contributed by atoms with Crippen molar-refractivity contribution in [3.8, 4) is 11.3 Å². The molecule has 2 aromatic carbocycles. The molecule has 3 heterocycles. The van der Waals surface area contributed by atoms with Gasteiger partial charge in [0.05, 0.1) is 11.9 Å². The van der Waals surface area contributed by atoms with Gasteiger partial charge in [-0.05, 0) is 12.0 Å². The molecular weight excluding hydrogens is 448 g/mol. The van der Waals surface area contributed by atoms with Gasteiger partial charge in [-0.3, -0.25) is 23.7 Å². The van der Waals surface area contributed by atoms with E-state index in [1.807, 2.05) is 66.0 Å². The Kier molecular flexibility index (Phi) is 6.01. The Balaban J connectivity index is 1.44. The van der Waals surface area contributed by atoms with E-state index in [1.165, 1.54) is 33.1 Å². The second-order valence-corrected chi connectivity index (χ2v) is 8.68. The molecule has 0 spiro atoms. The monoisotopic (exact) mass is 470 g/mol. The number of aromatic nitrogens is 5. The lowest BCUT2D eigenvalue weighted by molar-refractivity contribution is -0.119. The van der Waals surface area contributed by atoms with Gasteiger partial charge >= 0.3 is 0 Å². The van der Waals surface area contributed by atoms with Gasteiger partial charge in [0.15, 0.2) is 10.8 Å². The van der Waals surface area contributed by atoms with Crippen molar-refractivity contribution in [2.75, 3.05) is 11.4 Å². The maximum absolute atomic E-state index is 13.5. The first kappa shape index (κ1) is 21.7. The molecule has 0 N–H and O–H groups in total. The van der Waals surface area contributed by atoms with Gasteiger partial charge in [0.2, 0.25) is 5.91 Å². The predicted octanol–water partition coefficient (Wildman–Crippen LogP) is 3.53. The highest BCUT2D eigenvalue weighted by Crippen LogP contribution is 2.28. The third-order valence-electron chi connectivity index (χ3n) is 5.58. The molecule has 3 aromatic heterocycles. The predicted molar refractivity (Wildman–Crippen MR) is 133 cm³/mol. The molecule has 1 amide bonds. The van der Waals surface area contributed by atoms with Crippen molar-refractivity contribution in [3.05, 3.63) is 94.5 Å². The zero-order valence-electron chi connectivity index (χ0n) is 18.5. The van der Waals surface area contributed by atoms with E-state index in [9.17, 15) is 9.59 Å². The van der Waals surface area contributed by atoms with Crippen molar-refractivity contribution >= 4 is 33.4 Å². The molecule has 0 fully saturated rings. The molecular formula is C25H22N6O2S. The van der Waals surface area contributed by atoms with Crippen molar-refractivity contribution in [1.29, 1.82) is 0 Å². The minimum atomic E-state index is -0.293. The standard InChI is InChI=1S/C25H22N6O2S/c1-29-23-20(14-27-29)24(33)30(17-26-23)15-22(32)31(13-12-18-8-4-2-5-9-18)25-28-21(16-34-25)19-10-6-3-7-11-19/h2-11,14,16-17H,12-13,15H2,1H3. The second-order valence-electron chi connectivity index (χ2n) is 7.85. The fraction of sp³-hybridized carbons (Fsp3) is 0.160. The molecule has 0 unspecified atom stereocenters. The Hall–Kier alpha value is -4.11. The molecule has 9 heteroatoms. The first-order valence-electron chi connectivity index (χ1n) is 10.8. The average Bonchev–Trinajstić information content (AvgIpc) is 3.50. The van der Waals surface area contributed by atoms with Crippen LogP contribution in [0.2, 0.25) is 0 Å². The molecule has 0 radical (unpaired) electrons. The van der Waals surface area contributed by atoms with Gasteiger partial charge in [-0.2, -0.15) is 5.10 Å². The van der Waals surface area contributed by atoms with Crippen molar-refractivity contribution in [3.63, 3.8) is 0 Å². The maximum atomic E-state index is 13.5. The Morgan fingerprint density at radius 2 is 1.79 bits per heavy atom. The summed E-state index contributed by atoms with van der Waals surface area (Å²) >= 11 is 1.41. The molecule has 0 aliphatic carbocycles. The zero-order valence-corrected chi connectivity index (χ0v) is 19.4. The van der Waals surface area contributed by atoms with Crippen LogP contribution in [0.1, 0.15) is 5.56 Å². The number of carbonyl (C=O) groups excluding carboxylic acids is 1. The maximum Gasteiger partial charge on any atom is 0.264 e. The van der Waals surface area contributed by atoms with E-state index in [-0.39, 0.29) is 18.0 Å². The molecule has 170 valence electrons. The van der Waals surface area contributed by atoms with E-state index in [1.54, 1.807) is 11.9 Å². The van der Waals surface area contributed by atoms with Crippen molar-refractivity contribution < 1.29 is 4.79 Å². The van der Waals surface area contributed by atoms with E-state index in [0.29, 0.717) is 29.1 Å². The van der Waals surface area contributed by atoms with E-state index in [4.69, 9.17) is 4.98 Å². The smallest absolute Gasteiger partial charge is 0.264 e. The van der Waals surface area contributed by atoms with Crippen LogP contribution < -0.4 is 10.5 Å². The summed E-state index contributed by atoms with van der Waals surface area (Å²) in [4.78, 5) is 37.0. The van der Waals surface area contributed by atoms with Crippen molar-refractivity contribution in [1.82, 2.24) is 24.3 Å². The van der Waals surface area contributed by atoms with E-state index < -0.39 is 0 Å². The van der Waals surface area contributed by atoms with Crippen LogP contribution in [-0.2, 0) is 24.8 Å². The average molecular weight is 471 g/mol. The lowest BCUT2D eigenvalue weighted by atomic mass is 10.1. The van der Waals surface area contributed by atoms with Gasteiger partial charge in [0, 0.05) is 24.5 Å². The van der Waals surface area contributed by atoms with E-state index in [0.717, 1.165) is 16.8 Å². The highest BCUT2D eigenvalue weighted by atomic mass is 32.1. The van der Waals surface area contributed by atoms with Crippen LogP contribution in [0.15, 0.2) is 83.4 Å². The van der Waals surface area contributed by atoms with Gasteiger partial charge < -0.3 is 0 Å². The number of rotatable bonds is 7. The van der Waals surface area contributed by atoms with Crippen molar-refractivity contribution in [2.24, 2.45) is 7.05 Å². The third-order valence-corrected chi connectivity index (χ3v) is 6.45. The lowest BCUT2D eigenvalue weighted by Crippen LogP contribution is -2.38. The van der Waals surface area contributed by atoms with Gasteiger partial charge in [-0.1, -0.05) is 60.7 Å². The van der Waals surface area contributed by atoms with Gasteiger partial charge in [0.25, 0.3) is 5.56 Å². The molecule has 5 rings (SSSR count). The van der Waals surface area contributed by atoms with Crippen molar-refractivity contribution in [2.45, 2.75) is 13.0 Å². The molecule has 0 saturated heterocycles. The fourth-order valence-corrected chi connectivity index (χ4v) is 4.63. The number of hydrogen-bond donors (Lipinski definition) is 0. The molecule has 0 aliphatic heterocycles.